The zero-order valence-corrected chi connectivity index (χ0v) is 11.0. The highest BCUT2D eigenvalue weighted by atomic mass is 16.1. The van der Waals surface area contributed by atoms with Crippen molar-refractivity contribution < 1.29 is 4.79 Å². The van der Waals surface area contributed by atoms with E-state index in [0.29, 0.717) is 6.54 Å². The van der Waals surface area contributed by atoms with Gasteiger partial charge in [0.2, 0.25) is 5.91 Å². The minimum absolute atomic E-state index is 0.00979. The van der Waals surface area contributed by atoms with Crippen molar-refractivity contribution >= 4 is 11.6 Å². The number of carbonyl (C=O) groups excluding carboxylic acids is 1. The fraction of sp³-hybridized carbons (Fsp3) is 0.188. The largest absolute Gasteiger partial charge is 0.376 e. The zero-order valence-electron chi connectivity index (χ0n) is 11.0. The van der Waals surface area contributed by atoms with Crippen LogP contribution < -0.4 is 10.6 Å². The molecular weight excluding hydrogens is 236 g/mol. The first-order valence-corrected chi connectivity index (χ1v) is 6.35. The predicted octanol–water partition coefficient (Wildman–Crippen LogP) is 2.72. The van der Waals surface area contributed by atoms with E-state index in [1.165, 1.54) is 5.56 Å². The van der Waals surface area contributed by atoms with Crippen LogP contribution in [-0.2, 0) is 11.3 Å². The van der Waals surface area contributed by atoms with Crippen molar-refractivity contribution in [3.05, 3.63) is 65.7 Å². The summed E-state index contributed by atoms with van der Waals surface area (Å²) in [6.45, 7) is 2.90. The van der Waals surface area contributed by atoms with Crippen molar-refractivity contribution in [3.8, 4) is 0 Å². The smallest absolute Gasteiger partial charge is 0.239 e. The van der Waals surface area contributed by atoms with Crippen molar-refractivity contribution in [3.63, 3.8) is 0 Å². The molecule has 0 radical (unpaired) electrons. The number of amides is 1. The van der Waals surface area contributed by atoms with E-state index in [-0.39, 0.29) is 12.5 Å². The molecule has 3 nitrogen and oxygen atoms in total. The van der Waals surface area contributed by atoms with Crippen LogP contribution in [0, 0.1) is 6.92 Å². The Morgan fingerprint density at radius 2 is 1.68 bits per heavy atom. The van der Waals surface area contributed by atoms with E-state index >= 15 is 0 Å². The Morgan fingerprint density at radius 3 is 2.37 bits per heavy atom. The van der Waals surface area contributed by atoms with Gasteiger partial charge in [-0.15, -0.1) is 0 Å². The van der Waals surface area contributed by atoms with Crippen LogP contribution in [0.2, 0.25) is 0 Å². The molecule has 3 heteroatoms. The van der Waals surface area contributed by atoms with Gasteiger partial charge in [-0.3, -0.25) is 4.79 Å². The maximum Gasteiger partial charge on any atom is 0.239 e. The van der Waals surface area contributed by atoms with Gasteiger partial charge in [-0.2, -0.15) is 0 Å². The van der Waals surface area contributed by atoms with Crippen molar-refractivity contribution in [2.45, 2.75) is 13.5 Å². The molecule has 0 aromatic heterocycles. The number of benzene rings is 2. The molecule has 0 atom stereocenters. The van der Waals surface area contributed by atoms with E-state index in [2.05, 4.69) is 10.6 Å². The van der Waals surface area contributed by atoms with Crippen molar-refractivity contribution in [2.24, 2.45) is 0 Å². The van der Waals surface area contributed by atoms with E-state index in [9.17, 15) is 4.79 Å². The van der Waals surface area contributed by atoms with Gasteiger partial charge in [0, 0.05) is 12.2 Å². The van der Waals surface area contributed by atoms with Crippen LogP contribution in [0.4, 0.5) is 5.69 Å². The molecule has 0 aliphatic heterocycles. The Balaban J connectivity index is 1.74. The fourth-order valence-electron chi connectivity index (χ4n) is 1.71. The number of aryl methyl sites for hydroxylation is 1. The molecule has 0 spiro atoms. The Kier molecular flexibility index (Phi) is 4.56. The number of carbonyl (C=O) groups is 1. The third kappa shape index (κ3) is 4.47. The number of rotatable bonds is 5. The third-order valence-electron chi connectivity index (χ3n) is 2.84. The highest BCUT2D eigenvalue weighted by Crippen LogP contribution is 2.04. The number of nitrogens with one attached hydrogen (secondary N) is 2. The minimum atomic E-state index is -0.00979. The van der Waals surface area contributed by atoms with Crippen LogP contribution in [0.1, 0.15) is 11.1 Å². The molecule has 0 aliphatic rings. The van der Waals surface area contributed by atoms with E-state index < -0.39 is 0 Å². The normalized spacial score (nSPS) is 9.95. The maximum absolute atomic E-state index is 11.7. The van der Waals surface area contributed by atoms with Gasteiger partial charge in [-0.25, -0.2) is 0 Å². The van der Waals surface area contributed by atoms with Crippen LogP contribution in [0.3, 0.4) is 0 Å². The van der Waals surface area contributed by atoms with Crippen LogP contribution in [0.15, 0.2) is 54.6 Å². The number of para-hydroxylation sites is 1. The molecule has 0 aliphatic carbocycles. The lowest BCUT2D eigenvalue weighted by molar-refractivity contribution is -0.119. The molecule has 0 saturated carbocycles. The molecular formula is C16H18N2O. The van der Waals surface area contributed by atoms with E-state index in [1.54, 1.807) is 0 Å². The molecule has 0 heterocycles. The molecule has 2 aromatic carbocycles. The lowest BCUT2D eigenvalue weighted by Crippen LogP contribution is -2.29. The maximum atomic E-state index is 11.7. The molecule has 0 saturated heterocycles. The Labute approximate surface area is 113 Å². The molecule has 0 bridgehead atoms. The summed E-state index contributed by atoms with van der Waals surface area (Å²) < 4.78 is 0. The monoisotopic (exact) mass is 254 g/mol. The second-order valence-corrected chi connectivity index (χ2v) is 4.48. The van der Waals surface area contributed by atoms with Gasteiger partial charge in [-0.05, 0) is 24.6 Å². The molecule has 98 valence electrons. The highest BCUT2D eigenvalue weighted by molar-refractivity contribution is 5.80. The standard InChI is InChI=1S/C16H18N2O/c1-13-7-9-14(10-8-13)11-18-16(19)12-17-15-5-3-2-4-6-15/h2-10,17H,11-12H2,1H3,(H,18,19). The number of hydrogen-bond donors (Lipinski definition) is 2. The molecule has 0 unspecified atom stereocenters. The summed E-state index contributed by atoms with van der Waals surface area (Å²) in [5.41, 5.74) is 3.28. The second-order valence-electron chi connectivity index (χ2n) is 4.48. The first kappa shape index (κ1) is 13.1. The Morgan fingerprint density at radius 1 is 1.00 bits per heavy atom. The quantitative estimate of drug-likeness (QED) is 0.861. The SMILES string of the molecule is Cc1ccc(CNC(=O)CNc2ccccc2)cc1. The summed E-state index contributed by atoms with van der Waals surface area (Å²) >= 11 is 0. The van der Waals surface area contributed by atoms with Crippen LogP contribution in [0.5, 0.6) is 0 Å². The molecule has 1 amide bonds. The summed E-state index contributed by atoms with van der Waals surface area (Å²) in [4.78, 5) is 11.7. The summed E-state index contributed by atoms with van der Waals surface area (Å²) in [5.74, 6) is -0.00979. The van der Waals surface area contributed by atoms with Crippen molar-refractivity contribution in [1.29, 1.82) is 0 Å². The predicted molar refractivity (Wildman–Crippen MR) is 78.0 cm³/mol. The zero-order chi connectivity index (χ0) is 13.5. The van der Waals surface area contributed by atoms with E-state index in [0.717, 1.165) is 11.3 Å². The summed E-state index contributed by atoms with van der Waals surface area (Å²) in [6, 6.07) is 17.8. The molecule has 2 aromatic rings. The lowest BCUT2D eigenvalue weighted by Gasteiger charge is -2.08. The second kappa shape index (κ2) is 6.59. The number of anilines is 1. The lowest BCUT2D eigenvalue weighted by atomic mass is 10.1. The van der Waals surface area contributed by atoms with Gasteiger partial charge < -0.3 is 10.6 Å². The summed E-state index contributed by atoms with van der Waals surface area (Å²) in [5, 5.41) is 5.96. The van der Waals surface area contributed by atoms with Gasteiger partial charge in [0.1, 0.15) is 0 Å². The highest BCUT2D eigenvalue weighted by Gasteiger charge is 2.00. The number of hydrogen-bond acceptors (Lipinski definition) is 2. The Bertz CT molecular complexity index is 520. The molecule has 2 rings (SSSR count). The molecule has 2 N–H and O–H groups in total. The van der Waals surface area contributed by atoms with Crippen molar-refractivity contribution in [2.75, 3.05) is 11.9 Å². The van der Waals surface area contributed by atoms with E-state index in [4.69, 9.17) is 0 Å². The minimum Gasteiger partial charge on any atom is -0.376 e. The summed E-state index contributed by atoms with van der Waals surface area (Å²) in [7, 11) is 0. The molecule has 0 fully saturated rings. The van der Waals surface area contributed by atoms with E-state index in [1.807, 2.05) is 61.5 Å². The molecule has 19 heavy (non-hydrogen) atoms. The van der Waals surface area contributed by atoms with Crippen LogP contribution in [0.25, 0.3) is 0 Å². The van der Waals surface area contributed by atoms with Gasteiger partial charge in [0.15, 0.2) is 0 Å². The average Bonchev–Trinajstić information content (AvgIpc) is 2.45. The first-order valence-electron chi connectivity index (χ1n) is 6.35. The fourth-order valence-corrected chi connectivity index (χ4v) is 1.71. The summed E-state index contributed by atoms with van der Waals surface area (Å²) in [6.07, 6.45) is 0. The van der Waals surface area contributed by atoms with Gasteiger partial charge in [-0.1, -0.05) is 48.0 Å². The van der Waals surface area contributed by atoms with Crippen LogP contribution in [-0.4, -0.2) is 12.5 Å². The van der Waals surface area contributed by atoms with Crippen molar-refractivity contribution in [1.82, 2.24) is 5.32 Å². The third-order valence-corrected chi connectivity index (χ3v) is 2.84. The topological polar surface area (TPSA) is 41.1 Å². The Hall–Kier alpha value is -2.29. The van der Waals surface area contributed by atoms with Gasteiger partial charge >= 0.3 is 0 Å². The van der Waals surface area contributed by atoms with Gasteiger partial charge in [0.25, 0.3) is 0 Å². The van der Waals surface area contributed by atoms with Gasteiger partial charge in [0.05, 0.1) is 6.54 Å². The van der Waals surface area contributed by atoms with Crippen LogP contribution >= 0.6 is 0 Å². The first-order chi connectivity index (χ1) is 9.24. The average molecular weight is 254 g/mol.